The molecule has 0 N–H and O–H groups in total. The summed E-state index contributed by atoms with van der Waals surface area (Å²) >= 11 is 0. The van der Waals surface area contributed by atoms with Crippen molar-refractivity contribution in [1.29, 1.82) is 0 Å². The zero-order chi connectivity index (χ0) is 31.9. The van der Waals surface area contributed by atoms with Crippen molar-refractivity contribution >= 4 is 44.3 Å². The summed E-state index contributed by atoms with van der Waals surface area (Å²) in [6.45, 7) is 5.03. The quantitative estimate of drug-likeness (QED) is 0.127. The molecule has 3 heterocycles. The molecule has 0 spiro atoms. The first-order valence-corrected chi connectivity index (χ1v) is 15.9. The van der Waals surface area contributed by atoms with Crippen LogP contribution in [0.4, 0.5) is 0 Å². The number of nitrogens with zero attached hydrogens (tertiary/aromatic N) is 2. The average molecular weight is 614 g/mol. The number of Topliss-reactive ketones (excluding diaryl/α,β-unsaturated/α-hetero) is 1. The second-order valence-electron chi connectivity index (χ2n) is 12.1. The lowest BCUT2D eigenvalue weighted by Gasteiger charge is -2.04. The van der Waals surface area contributed by atoms with E-state index in [1.54, 1.807) is 0 Å². The number of hydrogen-bond donors (Lipinski definition) is 0. The average Bonchev–Trinajstić information content (AvgIpc) is 3.81. The van der Waals surface area contributed by atoms with Crippen molar-refractivity contribution < 1.29 is 18.2 Å². The van der Waals surface area contributed by atoms with Gasteiger partial charge in [-0.1, -0.05) is 91.0 Å². The summed E-state index contributed by atoms with van der Waals surface area (Å²) in [5.41, 5.74) is 9.92. The molecule has 0 bridgehead atoms. The Hall–Kier alpha value is -5.94. The van der Waals surface area contributed by atoms with Gasteiger partial charge >= 0.3 is 0 Å². The number of carbonyl (C=O) groups excluding carboxylic acids is 1. The Bertz CT molecular complexity index is 2300. The first-order chi connectivity index (χ1) is 23.0. The molecular formula is C42H33N2O3+. The van der Waals surface area contributed by atoms with Crippen LogP contribution < -0.4 is 4.57 Å². The molecule has 5 aromatic carbocycles. The number of benzene rings is 5. The minimum absolute atomic E-state index is 0.0627. The SMILES string of the molecule is Cc1cc2c(cc1C)[n+](CC(=O)c1ccc(-c3ccccc3)cc1)cn2CC=C(c1cc2ccccc2o1)c1cc2ccccc2o1. The number of aromatic nitrogens is 2. The Labute approximate surface area is 272 Å². The molecule has 5 nitrogen and oxygen atoms in total. The van der Waals surface area contributed by atoms with Crippen molar-refractivity contribution in [3.63, 3.8) is 0 Å². The van der Waals surface area contributed by atoms with Crippen molar-refractivity contribution in [2.45, 2.75) is 26.9 Å². The summed E-state index contributed by atoms with van der Waals surface area (Å²) in [7, 11) is 0. The van der Waals surface area contributed by atoms with Crippen LogP contribution in [0, 0.1) is 13.8 Å². The van der Waals surface area contributed by atoms with E-state index in [2.05, 4.69) is 77.6 Å². The van der Waals surface area contributed by atoms with Crippen molar-refractivity contribution in [1.82, 2.24) is 4.57 Å². The highest BCUT2D eigenvalue weighted by molar-refractivity contribution is 5.96. The van der Waals surface area contributed by atoms with E-state index in [9.17, 15) is 4.79 Å². The Morgan fingerprint density at radius 2 is 1.26 bits per heavy atom. The largest absolute Gasteiger partial charge is 0.456 e. The van der Waals surface area contributed by atoms with Gasteiger partial charge in [0.25, 0.3) is 0 Å². The summed E-state index contributed by atoms with van der Waals surface area (Å²) < 4.78 is 16.9. The van der Waals surface area contributed by atoms with Crippen molar-refractivity contribution in [3.8, 4) is 11.1 Å². The van der Waals surface area contributed by atoms with Gasteiger partial charge in [-0.15, -0.1) is 0 Å². The van der Waals surface area contributed by atoms with Gasteiger partial charge in [0.15, 0.2) is 17.6 Å². The first-order valence-electron chi connectivity index (χ1n) is 15.9. The van der Waals surface area contributed by atoms with Gasteiger partial charge in [0.2, 0.25) is 12.1 Å². The third kappa shape index (κ3) is 5.46. The molecule has 47 heavy (non-hydrogen) atoms. The second-order valence-corrected chi connectivity index (χ2v) is 12.1. The normalized spacial score (nSPS) is 11.4. The maximum absolute atomic E-state index is 13.6. The number of imidazole rings is 1. The van der Waals surface area contributed by atoms with Crippen LogP contribution in [0.2, 0.25) is 0 Å². The number of fused-ring (bicyclic) bond motifs is 3. The van der Waals surface area contributed by atoms with Gasteiger partial charge in [0.1, 0.15) is 29.2 Å². The Balaban J connectivity index is 1.16. The van der Waals surface area contributed by atoms with Gasteiger partial charge in [-0.2, -0.15) is 0 Å². The topological polar surface area (TPSA) is 52.2 Å². The zero-order valence-corrected chi connectivity index (χ0v) is 26.3. The maximum Gasteiger partial charge on any atom is 0.245 e. The van der Waals surface area contributed by atoms with Crippen LogP contribution in [0.3, 0.4) is 0 Å². The van der Waals surface area contributed by atoms with Crippen LogP contribution in [0.25, 0.3) is 49.7 Å². The maximum atomic E-state index is 13.6. The number of carbonyl (C=O) groups is 1. The summed E-state index contributed by atoms with van der Waals surface area (Å²) in [5.74, 6) is 1.55. The molecule has 3 aromatic heterocycles. The molecule has 8 rings (SSSR count). The highest BCUT2D eigenvalue weighted by Crippen LogP contribution is 2.33. The van der Waals surface area contributed by atoms with Crippen molar-refractivity contribution in [2.24, 2.45) is 0 Å². The molecule has 0 aliphatic rings. The van der Waals surface area contributed by atoms with Gasteiger partial charge in [-0.3, -0.25) is 4.79 Å². The van der Waals surface area contributed by atoms with Crippen LogP contribution in [0.1, 0.15) is 33.0 Å². The number of ketones is 1. The molecular weight excluding hydrogens is 580 g/mol. The summed E-state index contributed by atoms with van der Waals surface area (Å²) in [5, 5.41) is 2.07. The fourth-order valence-electron chi connectivity index (χ4n) is 6.28. The van der Waals surface area contributed by atoms with E-state index in [4.69, 9.17) is 8.83 Å². The number of allylic oxidation sites excluding steroid dienone is 1. The van der Waals surface area contributed by atoms with Gasteiger partial charge in [-0.25, -0.2) is 9.13 Å². The van der Waals surface area contributed by atoms with E-state index in [1.165, 1.54) is 11.1 Å². The molecule has 0 aliphatic carbocycles. The lowest BCUT2D eigenvalue weighted by atomic mass is 10.0. The van der Waals surface area contributed by atoms with E-state index in [1.807, 2.05) is 85.2 Å². The smallest absolute Gasteiger partial charge is 0.245 e. The molecule has 0 unspecified atom stereocenters. The number of para-hydroxylation sites is 2. The fraction of sp³-hybridized carbons (Fsp3) is 0.0952. The lowest BCUT2D eigenvalue weighted by molar-refractivity contribution is -0.657. The predicted molar refractivity (Wildman–Crippen MR) is 187 cm³/mol. The van der Waals surface area contributed by atoms with Gasteiger partial charge in [0, 0.05) is 16.3 Å². The molecule has 0 atom stereocenters. The van der Waals surface area contributed by atoms with Crippen LogP contribution in [0.5, 0.6) is 0 Å². The third-order valence-corrected chi connectivity index (χ3v) is 8.99. The molecule has 8 aromatic rings. The second kappa shape index (κ2) is 11.8. The Morgan fingerprint density at radius 1 is 0.681 bits per heavy atom. The first kappa shape index (κ1) is 28.5. The van der Waals surface area contributed by atoms with E-state index < -0.39 is 0 Å². The van der Waals surface area contributed by atoms with Crippen LogP contribution in [-0.4, -0.2) is 10.4 Å². The van der Waals surface area contributed by atoms with Crippen LogP contribution in [-0.2, 0) is 13.1 Å². The van der Waals surface area contributed by atoms with Gasteiger partial charge in [-0.05, 0) is 78.6 Å². The molecule has 0 radical (unpaired) electrons. The minimum Gasteiger partial charge on any atom is -0.456 e. The third-order valence-electron chi connectivity index (χ3n) is 8.99. The highest BCUT2D eigenvalue weighted by Gasteiger charge is 2.21. The number of furan rings is 2. The standard InChI is InChI=1S/C42H33N2O3/c1-28-22-36-37(23-29(28)2)44(26-38(45)32-18-16-31(17-19-32)30-10-4-3-5-11-30)27-43(36)21-20-35(41-24-33-12-6-8-14-39(33)46-41)42-25-34-13-7-9-15-40(34)47-42/h3-20,22-25,27H,21,26H2,1-2H3/q+1. The summed E-state index contributed by atoms with van der Waals surface area (Å²) in [6.07, 6.45) is 4.20. The van der Waals surface area contributed by atoms with E-state index in [0.29, 0.717) is 12.1 Å². The van der Waals surface area contributed by atoms with Crippen molar-refractivity contribution in [3.05, 3.63) is 168 Å². The number of hydrogen-bond acceptors (Lipinski definition) is 3. The minimum atomic E-state index is 0.0627. The summed E-state index contributed by atoms with van der Waals surface area (Å²) in [4.78, 5) is 13.6. The van der Waals surface area contributed by atoms with E-state index >= 15 is 0 Å². The van der Waals surface area contributed by atoms with Crippen molar-refractivity contribution in [2.75, 3.05) is 0 Å². The summed E-state index contributed by atoms with van der Waals surface area (Å²) in [6, 6.07) is 42.7. The molecule has 5 heteroatoms. The monoisotopic (exact) mass is 613 g/mol. The zero-order valence-electron chi connectivity index (χ0n) is 26.3. The van der Waals surface area contributed by atoms with Gasteiger partial charge in [0.05, 0.1) is 5.57 Å². The Kier molecular flexibility index (Phi) is 7.14. The molecule has 228 valence electrons. The van der Waals surface area contributed by atoms with Crippen LogP contribution in [0.15, 0.2) is 149 Å². The molecule has 0 aliphatic heterocycles. The number of rotatable bonds is 8. The molecule has 0 amide bonds. The molecule has 0 saturated carbocycles. The van der Waals surface area contributed by atoms with E-state index in [0.717, 1.165) is 61.2 Å². The Morgan fingerprint density at radius 3 is 1.89 bits per heavy atom. The molecule has 0 fully saturated rings. The number of aryl methyl sites for hydroxylation is 2. The van der Waals surface area contributed by atoms with Gasteiger partial charge < -0.3 is 8.83 Å². The fourth-order valence-corrected chi connectivity index (χ4v) is 6.28. The lowest BCUT2D eigenvalue weighted by Crippen LogP contribution is -2.37. The van der Waals surface area contributed by atoms with Crippen LogP contribution >= 0.6 is 0 Å². The van der Waals surface area contributed by atoms with E-state index in [-0.39, 0.29) is 12.3 Å². The highest BCUT2D eigenvalue weighted by atomic mass is 16.4. The predicted octanol–water partition coefficient (Wildman–Crippen LogP) is 9.72. The molecule has 0 saturated heterocycles.